The summed E-state index contributed by atoms with van der Waals surface area (Å²) in [7, 11) is 0. The number of halogens is 1. The van der Waals surface area contributed by atoms with Crippen LogP contribution in [0.1, 0.15) is 12.5 Å². The number of rotatable bonds is 4. The van der Waals surface area contributed by atoms with E-state index < -0.39 is 12.0 Å². The highest BCUT2D eigenvalue weighted by Crippen LogP contribution is 2.05. The van der Waals surface area contributed by atoms with Crippen LogP contribution in [0.3, 0.4) is 0 Å². The van der Waals surface area contributed by atoms with E-state index in [9.17, 15) is 9.18 Å². The summed E-state index contributed by atoms with van der Waals surface area (Å²) in [5, 5.41) is 11.3. The zero-order valence-electron chi connectivity index (χ0n) is 7.83. The number of carbonyl (C=O) groups is 1. The van der Waals surface area contributed by atoms with Crippen LogP contribution >= 0.6 is 0 Å². The fourth-order valence-corrected chi connectivity index (χ4v) is 0.992. The maximum atomic E-state index is 13.1. The van der Waals surface area contributed by atoms with Crippen LogP contribution in [-0.2, 0) is 11.3 Å². The van der Waals surface area contributed by atoms with Gasteiger partial charge in [-0.3, -0.25) is 4.79 Å². The Labute approximate surface area is 81.6 Å². The molecular weight excluding hydrogens is 185 g/mol. The van der Waals surface area contributed by atoms with E-state index in [0.29, 0.717) is 5.56 Å². The lowest BCUT2D eigenvalue weighted by Crippen LogP contribution is -2.33. The van der Waals surface area contributed by atoms with E-state index >= 15 is 0 Å². The number of aliphatic carboxylic acids is 1. The molecule has 0 bridgehead atoms. The summed E-state index contributed by atoms with van der Waals surface area (Å²) in [6.45, 7) is 1.74. The molecule has 0 radical (unpaired) electrons. The average molecular weight is 197 g/mol. The molecule has 0 aliphatic rings. The van der Waals surface area contributed by atoms with Crippen LogP contribution in [0.25, 0.3) is 0 Å². The SMILES string of the molecule is CC(NCc1ccccc1F)C(=O)O. The van der Waals surface area contributed by atoms with Gasteiger partial charge in [0.2, 0.25) is 0 Å². The first kappa shape index (κ1) is 10.7. The van der Waals surface area contributed by atoms with E-state index in [1.807, 2.05) is 0 Å². The Bertz CT molecular complexity index is 328. The molecule has 0 aromatic heterocycles. The molecular formula is C10H12FNO2. The molecule has 0 spiro atoms. The van der Waals surface area contributed by atoms with E-state index in [0.717, 1.165) is 0 Å². The second kappa shape index (κ2) is 4.72. The summed E-state index contributed by atoms with van der Waals surface area (Å²) in [6.07, 6.45) is 0. The van der Waals surface area contributed by atoms with Gasteiger partial charge in [-0.15, -0.1) is 0 Å². The number of carboxylic acids is 1. The second-order valence-corrected chi connectivity index (χ2v) is 3.03. The maximum Gasteiger partial charge on any atom is 0.320 e. The van der Waals surface area contributed by atoms with Crippen molar-refractivity contribution in [3.63, 3.8) is 0 Å². The number of carboxylic acid groups (broad SMARTS) is 1. The summed E-state index contributed by atoms with van der Waals surface area (Å²) in [5.74, 6) is -1.26. The van der Waals surface area contributed by atoms with Crippen molar-refractivity contribution >= 4 is 5.97 Å². The van der Waals surface area contributed by atoms with Gasteiger partial charge >= 0.3 is 5.97 Å². The topological polar surface area (TPSA) is 49.3 Å². The number of benzene rings is 1. The number of nitrogens with one attached hydrogen (secondary N) is 1. The van der Waals surface area contributed by atoms with Crippen molar-refractivity contribution in [1.29, 1.82) is 0 Å². The second-order valence-electron chi connectivity index (χ2n) is 3.03. The molecule has 0 fully saturated rings. The Hall–Kier alpha value is -1.42. The highest BCUT2D eigenvalue weighted by Gasteiger charge is 2.10. The minimum atomic E-state index is -0.943. The zero-order valence-corrected chi connectivity index (χ0v) is 7.83. The standard InChI is InChI=1S/C10H12FNO2/c1-7(10(13)14)12-6-8-4-2-3-5-9(8)11/h2-5,7,12H,6H2,1H3,(H,13,14). The third-order valence-corrected chi connectivity index (χ3v) is 1.93. The monoisotopic (exact) mass is 197 g/mol. The predicted molar refractivity (Wildman–Crippen MR) is 50.3 cm³/mol. The lowest BCUT2D eigenvalue weighted by Gasteiger charge is -2.09. The molecule has 0 aliphatic carbocycles. The molecule has 1 aromatic rings. The fourth-order valence-electron chi connectivity index (χ4n) is 0.992. The molecule has 0 aliphatic heterocycles. The van der Waals surface area contributed by atoms with Crippen molar-refractivity contribution in [2.75, 3.05) is 0 Å². The van der Waals surface area contributed by atoms with Gasteiger partial charge in [-0.2, -0.15) is 0 Å². The molecule has 0 amide bonds. The minimum Gasteiger partial charge on any atom is -0.480 e. The largest absolute Gasteiger partial charge is 0.480 e. The Kier molecular flexibility index (Phi) is 3.59. The Morgan fingerprint density at radius 2 is 2.21 bits per heavy atom. The lowest BCUT2D eigenvalue weighted by molar-refractivity contribution is -0.139. The van der Waals surface area contributed by atoms with Crippen LogP contribution in [0.2, 0.25) is 0 Å². The molecule has 2 N–H and O–H groups in total. The van der Waals surface area contributed by atoms with E-state index in [4.69, 9.17) is 5.11 Å². The Morgan fingerprint density at radius 3 is 2.79 bits per heavy atom. The van der Waals surface area contributed by atoms with E-state index in [2.05, 4.69) is 5.32 Å². The zero-order chi connectivity index (χ0) is 10.6. The molecule has 1 rings (SSSR count). The van der Waals surface area contributed by atoms with Crippen LogP contribution in [0.15, 0.2) is 24.3 Å². The predicted octanol–water partition coefficient (Wildman–Crippen LogP) is 1.39. The number of hydrogen-bond acceptors (Lipinski definition) is 2. The van der Waals surface area contributed by atoms with Crippen LogP contribution < -0.4 is 5.32 Å². The smallest absolute Gasteiger partial charge is 0.320 e. The van der Waals surface area contributed by atoms with Crippen molar-refractivity contribution in [2.45, 2.75) is 19.5 Å². The van der Waals surface area contributed by atoms with Gasteiger partial charge in [0.05, 0.1) is 0 Å². The molecule has 4 heteroatoms. The van der Waals surface area contributed by atoms with E-state index in [1.54, 1.807) is 18.2 Å². The lowest BCUT2D eigenvalue weighted by atomic mass is 10.2. The maximum absolute atomic E-state index is 13.1. The van der Waals surface area contributed by atoms with Gasteiger partial charge in [-0.1, -0.05) is 18.2 Å². The van der Waals surface area contributed by atoms with Gasteiger partial charge in [0, 0.05) is 12.1 Å². The average Bonchev–Trinajstić information content (AvgIpc) is 2.16. The van der Waals surface area contributed by atoms with Gasteiger partial charge in [0.25, 0.3) is 0 Å². The van der Waals surface area contributed by atoms with E-state index in [-0.39, 0.29) is 12.4 Å². The summed E-state index contributed by atoms with van der Waals surface area (Å²) < 4.78 is 13.1. The molecule has 0 heterocycles. The highest BCUT2D eigenvalue weighted by molar-refractivity contribution is 5.72. The highest BCUT2D eigenvalue weighted by atomic mass is 19.1. The first-order valence-corrected chi connectivity index (χ1v) is 4.31. The van der Waals surface area contributed by atoms with Gasteiger partial charge in [-0.25, -0.2) is 4.39 Å². The van der Waals surface area contributed by atoms with Crippen LogP contribution in [0.5, 0.6) is 0 Å². The first-order chi connectivity index (χ1) is 6.61. The van der Waals surface area contributed by atoms with Gasteiger partial charge in [0.15, 0.2) is 0 Å². The van der Waals surface area contributed by atoms with Crippen LogP contribution in [0.4, 0.5) is 4.39 Å². The van der Waals surface area contributed by atoms with Crippen LogP contribution in [-0.4, -0.2) is 17.1 Å². The van der Waals surface area contributed by atoms with E-state index in [1.165, 1.54) is 13.0 Å². The van der Waals surface area contributed by atoms with Gasteiger partial charge in [0.1, 0.15) is 11.9 Å². The third-order valence-electron chi connectivity index (χ3n) is 1.93. The summed E-state index contributed by atoms with van der Waals surface area (Å²) in [4.78, 5) is 10.4. The number of hydrogen-bond donors (Lipinski definition) is 2. The van der Waals surface area contributed by atoms with Crippen molar-refractivity contribution in [1.82, 2.24) is 5.32 Å². The molecule has 1 aromatic carbocycles. The molecule has 1 unspecified atom stereocenters. The Balaban J connectivity index is 2.54. The summed E-state index contributed by atoms with van der Waals surface area (Å²) in [5.41, 5.74) is 0.473. The van der Waals surface area contributed by atoms with Gasteiger partial charge < -0.3 is 10.4 Å². The quantitative estimate of drug-likeness (QED) is 0.766. The van der Waals surface area contributed by atoms with Gasteiger partial charge in [-0.05, 0) is 13.0 Å². The van der Waals surface area contributed by atoms with Crippen molar-refractivity contribution in [3.8, 4) is 0 Å². The molecule has 76 valence electrons. The molecule has 14 heavy (non-hydrogen) atoms. The van der Waals surface area contributed by atoms with Crippen molar-refractivity contribution < 1.29 is 14.3 Å². The molecule has 0 saturated carbocycles. The fraction of sp³-hybridized carbons (Fsp3) is 0.300. The summed E-state index contributed by atoms with van der Waals surface area (Å²) >= 11 is 0. The summed E-state index contributed by atoms with van der Waals surface area (Å²) in [6, 6.07) is 5.61. The third kappa shape index (κ3) is 2.81. The van der Waals surface area contributed by atoms with Crippen molar-refractivity contribution in [3.05, 3.63) is 35.6 Å². The first-order valence-electron chi connectivity index (χ1n) is 4.31. The normalized spacial score (nSPS) is 12.4. The molecule has 1 atom stereocenters. The van der Waals surface area contributed by atoms with Crippen molar-refractivity contribution in [2.24, 2.45) is 0 Å². The molecule has 3 nitrogen and oxygen atoms in total. The molecule has 0 saturated heterocycles. The minimum absolute atomic E-state index is 0.222. The van der Waals surface area contributed by atoms with Crippen LogP contribution in [0, 0.1) is 5.82 Å². The Morgan fingerprint density at radius 1 is 1.57 bits per heavy atom.